The summed E-state index contributed by atoms with van der Waals surface area (Å²) >= 11 is 0. The molecule has 1 N–H and O–H groups in total. The van der Waals surface area contributed by atoms with Gasteiger partial charge >= 0.3 is 5.97 Å². The molecule has 5 nitrogen and oxygen atoms in total. The van der Waals surface area contributed by atoms with Crippen LogP contribution in [0.15, 0.2) is 24.3 Å². The van der Waals surface area contributed by atoms with Crippen LogP contribution in [-0.2, 0) is 14.3 Å². The molecule has 0 aromatic heterocycles. The largest absolute Gasteiger partial charge is 0.497 e. The first-order valence-electron chi connectivity index (χ1n) is 6.60. The van der Waals surface area contributed by atoms with Crippen LogP contribution in [0.3, 0.4) is 0 Å². The molecule has 0 radical (unpaired) electrons. The van der Waals surface area contributed by atoms with Crippen LogP contribution in [0.4, 0.5) is 5.69 Å². The SMILES string of the molecule is CCOC(=O)C(C)(Nc1cccc(OC)c1)C(C)OC. The maximum atomic E-state index is 12.2. The zero-order valence-corrected chi connectivity index (χ0v) is 12.7. The van der Waals surface area contributed by atoms with Crippen LogP contribution in [0.25, 0.3) is 0 Å². The average Bonchev–Trinajstić information content (AvgIpc) is 2.46. The summed E-state index contributed by atoms with van der Waals surface area (Å²) in [5.41, 5.74) is -0.208. The minimum atomic E-state index is -0.975. The van der Waals surface area contributed by atoms with Gasteiger partial charge in [-0.3, -0.25) is 0 Å². The van der Waals surface area contributed by atoms with Crippen molar-refractivity contribution in [1.29, 1.82) is 0 Å². The van der Waals surface area contributed by atoms with Crippen molar-refractivity contribution in [2.24, 2.45) is 0 Å². The molecular weight excluding hydrogens is 258 g/mol. The van der Waals surface area contributed by atoms with Gasteiger partial charge < -0.3 is 19.5 Å². The van der Waals surface area contributed by atoms with Crippen LogP contribution in [0.1, 0.15) is 20.8 Å². The van der Waals surface area contributed by atoms with E-state index in [1.165, 1.54) is 0 Å². The van der Waals surface area contributed by atoms with Crippen molar-refractivity contribution >= 4 is 11.7 Å². The minimum Gasteiger partial charge on any atom is -0.497 e. The molecule has 0 aliphatic heterocycles. The van der Waals surface area contributed by atoms with Crippen molar-refractivity contribution < 1.29 is 19.0 Å². The molecule has 0 fully saturated rings. The summed E-state index contributed by atoms with van der Waals surface area (Å²) in [6.07, 6.45) is -0.354. The maximum absolute atomic E-state index is 12.2. The molecule has 1 aromatic rings. The van der Waals surface area contributed by atoms with E-state index >= 15 is 0 Å². The van der Waals surface area contributed by atoms with E-state index in [2.05, 4.69) is 5.32 Å². The Hall–Kier alpha value is -1.75. The van der Waals surface area contributed by atoms with Crippen molar-refractivity contribution in [3.63, 3.8) is 0 Å². The molecule has 5 heteroatoms. The van der Waals surface area contributed by atoms with Crippen LogP contribution in [0, 0.1) is 0 Å². The van der Waals surface area contributed by atoms with Gasteiger partial charge in [0.25, 0.3) is 0 Å². The molecule has 0 spiro atoms. The highest BCUT2D eigenvalue weighted by molar-refractivity contribution is 5.85. The Morgan fingerprint density at radius 3 is 2.65 bits per heavy atom. The number of carbonyl (C=O) groups is 1. The number of carbonyl (C=O) groups excluding carboxylic acids is 1. The van der Waals surface area contributed by atoms with Gasteiger partial charge in [-0.15, -0.1) is 0 Å². The fourth-order valence-electron chi connectivity index (χ4n) is 1.84. The van der Waals surface area contributed by atoms with Crippen LogP contribution < -0.4 is 10.1 Å². The van der Waals surface area contributed by atoms with Crippen LogP contribution >= 0.6 is 0 Å². The van der Waals surface area contributed by atoms with E-state index in [-0.39, 0.29) is 12.1 Å². The monoisotopic (exact) mass is 281 g/mol. The number of rotatable bonds is 7. The Balaban J connectivity index is 3.02. The number of hydrogen-bond donors (Lipinski definition) is 1. The third-order valence-corrected chi connectivity index (χ3v) is 3.34. The Bertz CT molecular complexity index is 449. The third kappa shape index (κ3) is 3.63. The highest BCUT2D eigenvalue weighted by Crippen LogP contribution is 2.25. The predicted molar refractivity (Wildman–Crippen MR) is 78.1 cm³/mol. The van der Waals surface area contributed by atoms with E-state index in [9.17, 15) is 4.79 Å². The Morgan fingerprint density at radius 2 is 2.10 bits per heavy atom. The van der Waals surface area contributed by atoms with Gasteiger partial charge in [-0.25, -0.2) is 4.79 Å². The van der Waals surface area contributed by atoms with Gasteiger partial charge in [0.15, 0.2) is 5.54 Å². The molecule has 0 saturated heterocycles. The number of esters is 1. The second-order valence-electron chi connectivity index (χ2n) is 4.66. The number of ether oxygens (including phenoxy) is 3. The average molecular weight is 281 g/mol. The van der Waals surface area contributed by atoms with Crippen molar-refractivity contribution in [2.75, 3.05) is 26.1 Å². The van der Waals surface area contributed by atoms with Crippen molar-refractivity contribution in [3.05, 3.63) is 24.3 Å². The van der Waals surface area contributed by atoms with E-state index in [1.807, 2.05) is 31.2 Å². The van der Waals surface area contributed by atoms with E-state index in [4.69, 9.17) is 14.2 Å². The molecule has 0 bridgehead atoms. The zero-order chi connectivity index (χ0) is 15.2. The molecular formula is C15H23NO4. The third-order valence-electron chi connectivity index (χ3n) is 3.34. The lowest BCUT2D eigenvalue weighted by atomic mass is 9.95. The molecule has 0 amide bonds. The van der Waals surface area contributed by atoms with Gasteiger partial charge in [-0.2, -0.15) is 0 Å². The van der Waals surface area contributed by atoms with Gasteiger partial charge in [0, 0.05) is 18.9 Å². The van der Waals surface area contributed by atoms with Gasteiger partial charge in [0.2, 0.25) is 0 Å². The molecule has 1 rings (SSSR count). The van der Waals surface area contributed by atoms with Crippen LogP contribution in [-0.4, -0.2) is 38.4 Å². The van der Waals surface area contributed by atoms with Crippen LogP contribution in [0.5, 0.6) is 5.75 Å². The first-order valence-corrected chi connectivity index (χ1v) is 6.60. The summed E-state index contributed by atoms with van der Waals surface area (Å²) in [6.45, 7) is 5.69. The van der Waals surface area contributed by atoms with Crippen molar-refractivity contribution in [3.8, 4) is 5.75 Å². The quantitative estimate of drug-likeness (QED) is 0.778. The molecule has 2 atom stereocenters. The van der Waals surface area contributed by atoms with E-state index < -0.39 is 5.54 Å². The molecule has 2 unspecified atom stereocenters. The van der Waals surface area contributed by atoms with E-state index in [0.29, 0.717) is 12.4 Å². The first kappa shape index (κ1) is 16.3. The van der Waals surface area contributed by atoms with E-state index in [0.717, 1.165) is 5.69 Å². The molecule has 0 aliphatic rings. The standard InChI is InChI=1S/C15H23NO4/c1-6-20-14(17)15(3,11(2)18-4)16-12-8-7-9-13(10-12)19-5/h7-11,16H,6H2,1-5H3. The van der Waals surface area contributed by atoms with Gasteiger partial charge in [-0.05, 0) is 32.9 Å². The minimum absolute atomic E-state index is 0.324. The summed E-state index contributed by atoms with van der Waals surface area (Å²) in [6, 6.07) is 7.37. The van der Waals surface area contributed by atoms with E-state index in [1.54, 1.807) is 28.1 Å². The fourth-order valence-corrected chi connectivity index (χ4v) is 1.84. The molecule has 0 saturated carbocycles. The predicted octanol–water partition coefficient (Wildman–Crippen LogP) is 2.46. The molecule has 112 valence electrons. The Labute approximate surface area is 120 Å². The Kier molecular flexibility index (Phi) is 5.82. The molecule has 0 aliphatic carbocycles. The normalized spacial score (nSPS) is 15.1. The lowest BCUT2D eigenvalue weighted by Crippen LogP contribution is -2.53. The molecule has 20 heavy (non-hydrogen) atoms. The summed E-state index contributed by atoms with van der Waals surface area (Å²) in [5, 5.41) is 3.19. The second kappa shape index (κ2) is 7.14. The highest BCUT2D eigenvalue weighted by atomic mass is 16.5. The maximum Gasteiger partial charge on any atom is 0.334 e. The number of nitrogens with one attached hydrogen (secondary N) is 1. The van der Waals surface area contributed by atoms with Gasteiger partial charge in [0.1, 0.15) is 5.75 Å². The number of methoxy groups -OCH3 is 2. The fraction of sp³-hybridized carbons (Fsp3) is 0.533. The number of hydrogen-bond acceptors (Lipinski definition) is 5. The van der Waals surface area contributed by atoms with Crippen LogP contribution in [0.2, 0.25) is 0 Å². The second-order valence-corrected chi connectivity index (χ2v) is 4.66. The molecule has 1 aromatic carbocycles. The molecule has 0 heterocycles. The smallest absolute Gasteiger partial charge is 0.334 e. The van der Waals surface area contributed by atoms with Crippen molar-refractivity contribution in [1.82, 2.24) is 0 Å². The zero-order valence-electron chi connectivity index (χ0n) is 12.7. The number of benzene rings is 1. The summed E-state index contributed by atoms with van der Waals surface area (Å²) in [5.74, 6) is 0.364. The van der Waals surface area contributed by atoms with Gasteiger partial charge in [0.05, 0.1) is 19.8 Å². The number of anilines is 1. The van der Waals surface area contributed by atoms with Gasteiger partial charge in [-0.1, -0.05) is 6.07 Å². The topological polar surface area (TPSA) is 56.8 Å². The highest BCUT2D eigenvalue weighted by Gasteiger charge is 2.41. The summed E-state index contributed by atoms with van der Waals surface area (Å²) in [7, 11) is 3.16. The summed E-state index contributed by atoms with van der Waals surface area (Å²) in [4.78, 5) is 12.2. The summed E-state index contributed by atoms with van der Waals surface area (Å²) < 4.78 is 15.6. The van der Waals surface area contributed by atoms with Crippen molar-refractivity contribution in [2.45, 2.75) is 32.4 Å². The first-order chi connectivity index (χ1) is 9.47. The lowest BCUT2D eigenvalue weighted by molar-refractivity contribution is -0.152. The Morgan fingerprint density at radius 1 is 1.40 bits per heavy atom. The lowest BCUT2D eigenvalue weighted by Gasteiger charge is -2.34.